The number of hydrogen-bond acceptors (Lipinski definition) is 5. The average Bonchev–Trinajstić information content (AvgIpc) is 3.13. The minimum absolute atomic E-state index is 0.235. The van der Waals surface area contributed by atoms with Crippen LogP contribution in [0, 0.1) is 0 Å². The maximum Gasteiger partial charge on any atom is 0.414 e. The quantitative estimate of drug-likeness (QED) is 0.815. The summed E-state index contributed by atoms with van der Waals surface area (Å²) in [5, 5.41) is 10.6. The van der Waals surface area contributed by atoms with E-state index < -0.39 is 22.8 Å². The van der Waals surface area contributed by atoms with Crippen LogP contribution in [0.25, 0.3) is 0 Å². The van der Waals surface area contributed by atoms with Crippen molar-refractivity contribution in [2.24, 2.45) is 0 Å². The summed E-state index contributed by atoms with van der Waals surface area (Å²) in [6.45, 7) is 5.68. The van der Waals surface area contributed by atoms with E-state index in [-0.39, 0.29) is 11.7 Å². The van der Waals surface area contributed by atoms with Gasteiger partial charge in [0, 0.05) is 11.3 Å². The number of carbonyl (C=O) groups is 2. The molecule has 1 spiro atoms. The molecule has 7 heteroatoms. The van der Waals surface area contributed by atoms with Crippen molar-refractivity contribution in [3.63, 3.8) is 0 Å². The van der Waals surface area contributed by atoms with E-state index in [1.165, 1.54) is 16.7 Å². The third-order valence-corrected chi connectivity index (χ3v) is 6.42. The molecule has 4 rings (SSSR count). The molecule has 29 heavy (non-hydrogen) atoms. The molecular formula is C22H24N2O4S. The van der Waals surface area contributed by atoms with Crippen molar-refractivity contribution in [1.82, 2.24) is 4.90 Å². The van der Waals surface area contributed by atoms with Crippen LogP contribution in [0.2, 0.25) is 0 Å². The van der Waals surface area contributed by atoms with E-state index in [0.717, 1.165) is 11.3 Å². The van der Waals surface area contributed by atoms with Gasteiger partial charge < -0.3 is 14.7 Å². The van der Waals surface area contributed by atoms with Gasteiger partial charge in [0.25, 0.3) is 5.91 Å². The van der Waals surface area contributed by atoms with Crippen molar-refractivity contribution in [3.05, 3.63) is 65.7 Å². The van der Waals surface area contributed by atoms with Gasteiger partial charge in [-0.05, 0) is 32.4 Å². The lowest BCUT2D eigenvalue weighted by Gasteiger charge is -2.35. The summed E-state index contributed by atoms with van der Waals surface area (Å²) in [4.78, 5) is 28.3. The smallest absolute Gasteiger partial charge is 0.414 e. The minimum Gasteiger partial charge on any atom is -0.444 e. The maximum absolute atomic E-state index is 13.8. The van der Waals surface area contributed by atoms with Crippen LogP contribution in [0.15, 0.2) is 54.6 Å². The van der Waals surface area contributed by atoms with E-state index in [1.807, 2.05) is 54.6 Å². The number of thioether (sulfide) groups is 1. The number of carbonyl (C=O) groups excluding carboxylic acids is 2. The number of para-hydroxylation sites is 1. The van der Waals surface area contributed by atoms with Gasteiger partial charge in [-0.2, -0.15) is 0 Å². The SMILES string of the molecule is CC(C)(C)OC(=O)N1[C@@H](O)CS[C@]12C(=O)N(Cc1ccccc1)c1ccccc12. The second-order valence-electron chi connectivity index (χ2n) is 8.18. The molecule has 2 aromatic rings. The molecule has 2 aliphatic heterocycles. The fourth-order valence-electron chi connectivity index (χ4n) is 3.81. The molecule has 0 aliphatic carbocycles. The van der Waals surface area contributed by atoms with Gasteiger partial charge in [-0.25, -0.2) is 4.79 Å². The molecule has 1 fully saturated rings. The Morgan fingerprint density at radius 3 is 2.52 bits per heavy atom. The van der Waals surface area contributed by atoms with Gasteiger partial charge in [0.15, 0.2) is 0 Å². The number of ether oxygens (including phenoxy) is 1. The topological polar surface area (TPSA) is 70.1 Å². The summed E-state index contributed by atoms with van der Waals surface area (Å²) < 4.78 is 5.54. The van der Waals surface area contributed by atoms with Crippen molar-refractivity contribution >= 4 is 29.4 Å². The second kappa shape index (κ2) is 7.07. The molecule has 152 valence electrons. The first kappa shape index (κ1) is 19.8. The molecule has 0 bridgehead atoms. The molecule has 0 saturated carbocycles. The highest BCUT2D eigenvalue weighted by molar-refractivity contribution is 8.01. The van der Waals surface area contributed by atoms with Crippen LogP contribution in [-0.2, 0) is 20.9 Å². The van der Waals surface area contributed by atoms with Gasteiger partial charge in [0.1, 0.15) is 11.8 Å². The molecule has 0 unspecified atom stereocenters. The molecule has 2 aliphatic rings. The number of fused-ring (bicyclic) bond motifs is 2. The van der Waals surface area contributed by atoms with Crippen molar-refractivity contribution in [2.75, 3.05) is 10.7 Å². The maximum atomic E-state index is 13.8. The zero-order valence-electron chi connectivity index (χ0n) is 16.7. The van der Waals surface area contributed by atoms with Gasteiger partial charge in [-0.3, -0.25) is 9.69 Å². The summed E-state index contributed by atoms with van der Waals surface area (Å²) in [5.41, 5.74) is 1.70. The normalized spacial score (nSPS) is 23.6. The van der Waals surface area contributed by atoms with Gasteiger partial charge in [0.2, 0.25) is 4.87 Å². The standard InChI is InChI=1S/C22H24N2O4S/c1-21(2,3)28-20(27)24-18(25)14-29-22(24)16-11-7-8-12-17(16)23(19(22)26)13-15-9-5-4-6-10-15/h4-12,18,25H,13-14H2,1-3H3/t18-,22+/m0/s1. The second-order valence-corrected chi connectivity index (χ2v) is 9.39. The Bertz CT molecular complexity index is 943. The molecule has 2 amide bonds. The molecule has 0 aromatic heterocycles. The van der Waals surface area contributed by atoms with Crippen LogP contribution in [-0.4, -0.2) is 39.6 Å². The number of nitrogens with zero attached hydrogens (tertiary/aromatic N) is 2. The van der Waals surface area contributed by atoms with Crippen LogP contribution < -0.4 is 4.90 Å². The molecule has 2 heterocycles. The van der Waals surface area contributed by atoms with Crippen LogP contribution in [0.1, 0.15) is 31.9 Å². The van der Waals surface area contributed by atoms with Crippen molar-refractivity contribution < 1.29 is 19.4 Å². The van der Waals surface area contributed by atoms with Crippen LogP contribution in [0.5, 0.6) is 0 Å². The number of amides is 2. The van der Waals surface area contributed by atoms with Gasteiger partial charge >= 0.3 is 6.09 Å². The Balaban J connectivity index is 1.78. The Hall–Kier alpha value is -2.51. The number of anilines is 1. The van der Waals surface area contributed by atoms with E-state index in [0.29, 0.717) is 12.1 Å². The number of aliphatic hydroxyl groups is 1. The first-order valence-corrected chi connectivity index (χ1v) is 10.5. The number of rotatable bonds is 2. The van der Waals surface area contributed by atoms with Gasteiger partial charge in [-0.15, -0.1) is 11.8 Å². The third kappa shape index (κ3) is 3.28. The lowest BCUT2D eigenvalue weighted by molar-refractivity contribution is -0.128. The zero-order chi connectivity index (χ0) is 20.8. The Kier molecular flexibility index (Phi) is 4.83. The fraction of sp³-hybridized carbons (Fsp3) is 0.364. The van der Waals surface area contributed by atoms with E-state index in [4.69, 9.17) is 4.74 Å². The van der Waals surface area contributed by atoms with Crippen LogP contribution >= 0.6 is 11.8 Å². The van der Waals surface area contributed by atoms with Crippen LogP contribution in [0.3, 0.4) is 0 Å². The Morgan fingerprint density at radius 1 is 1.17 bits per heavy atom. The van der Waals surface area contributed by atoms with E-state index >= 15 is 0 Å². The lowest BCUT2D eigenvalue weighted by Crippen LogP contribution is -2.54. The zero-order valence-corrected chi connectivity index (χ0v) is 17.5. The number of hydrogen-bond donors (Lipinski definition) is 1. The highest BCUT2D eigenvalue weighted by Crippen LogP contribution is 2.55. The van der Waals surface area contributed by atoms with E-state index in [2.05, 4.69) is 0 Å². The molecule has 2 aromatic carbocycles. The summed E-state index contributed by atoms with van der Waals surface area (Å²) in [6.07, 6.45) is -1.80. The predicted molar refractivity (Wildman–Crippen MR) is 112 cm³/mol. The molecule has 1 saturated heterocycles. The molecular weight excluding hydrogens is 388 g/mol. The summed E-state index contributed by atoms with van der Waals surface area (Å²) in [5.74, 6) is -0.00616. The van der Waals surface area contributed by atoms with Gasteiger partial charge in [-0.1, -0.05) is 48.5 Å². The summed E-state index contributed by atoms with van der Waals surface area (Å²) in [6, 6.07) is 17.2. The number of benzene rings is 2. The van der Waals surface area contributed by atoms with Crippen LogP contribution in [0.4, 0.5) is 10.5 Å². The lowest BCUT2D eigenvalue weighted by atomic mass is 10.1. The van der Waals surface area contributed by atoms with Crippen molar-refractivity contribution in [3.8, 4) is 0 Å². The van der Waals surface area contributed by atoms with Crippen molar-refractivity contribution in [1.29, 1.82) is 0 Å². The van der Waals surface area contributed by atoms with E-state index in [1.54, 1.807) is 25.7 Å². The first-order chi connectivity index (χ1) is 13.7. The largest absolute Gasteiger partial charge is 0.444 e. The molecule has 2 atom stereocenters. The molecule has 6 nitrogen and oxygen atoms in total. The molecule has 1 N–H and O–H groups in total. The summed E-state index contributed by atoms with van der Waals surface area (Å²) in [7, 11) is 0. The molecule has 0 radical (unpaired) electrons. The average molecular weight is 413 g/mol. The first-order valence-electron chi connectivity index (χ1n) is 9.54. The van der Waals surface area contributed by atoms with E-state index in [9.17, 15) is 14.7 Å². The van der Waals surface area contributed by atoms with Crippen molar-refractivity contribution in [2.45, 2.75) is 44.0 Å². The fourth-order valence-corrected chi connectivity index (χ4v) is 5.25. The Morgan fingerprint density at radius 2 is 1.83 bits per heavy atom. The summed E-state index contributed by atoms with van der Waals surface area (Å²) >= 11 is 1.27. The monoisotopic (exact) mass is 412 g/mol. The van der Waals surface area contributed by atoms with Gasteiger partial charge in [0.05, 0.1) is 12.2 Å². The highest BCUT2D eigenvalue weighted by atomic mass is 32.2. The Labute approximate surface area is 174 Å². The third-order valence-electron chi connectivity index (χ3n) is 4.95. The highest BCUT2D eigenvalue weighted by Gasteiger charge is 2.63. The minimum atomic E-state index is -1.33. The number of aliphatic hydroxyl groups excluding tert-OH is 1. The predicted octanol–water partition coefficient (Wildman–Crippen LogP) is 3.69.